The molecule has 6 nitrogen and oxygen atoms in total. The normalized spacial score (nSPS) is 23.3. The maximum Gasteiger partial charge on any atom is 0.237 e. The summed E-state index contributed by atoms with van der Waals surface area (Å²) >= 11 is 0. The third-order valence-corrected chi connectivity index (χ3v) is 3.16. The van der Waals surface area contributed by atoms with Crippen molar-refractivity contribution in [3.8, 4) is 0 Å². The van der Waals surface area contributed by atoms with E-state index in [0.29, 0.717) is 0 Å². The molecule has 0 aliphatic carbocycles. The van der Waals surface area contributed by atoms with E-state index < -0.39 is 24.2 Å². The standard InChI is InChI=1S/C15H19NO5/c1-15(2)20-9-12(21-15)13(14(18)16-10-17)19-8-11-6-4-3-5-7-11/h3-7,12-14,18H,8-9H2,1-2H3/t12-,13+,14?/m1/s1. The maximum absolute atomic E-state index is 10.4. The van der Waals surface area contributed by atoms with Crippen LogP contribution in [-0.4, -0.2) is 42.0 Å². The van der Waals surface area contributed by atoms with Crippen molar-refractivity contribution in [1.82, 2.24) is 0 Å². The van der Waals surface area contributed by atoms with Gasteiger partial charge in [0.05, 0.1) is 13.2 Å². The first-order valence-electron chi connectivity index (χ1n) is 6.74. The summed E-state index contributed by atoms with van der Waals surface area (Å²) < 4.78 is 16.8. The molecule has 1 aliphatic heterocycles. The minimum Gasteiger partial charge on any atom is -0.369 e. The first kappa shape index (κ1) is 15.8. The molecule has 114 valence electrons. The second-order valence-electron chi connectivity index (χ2n) is 5.26. The summed E-state index contributed by atoms with van der Waals surface area (Å²) in [5.74, 6) is -0.746. The Morgan fingerprint density at radius 2 is 2.19 bits per heavy atom. The van der Waals surface area contributed by atoms with Crippen molar-refractivity contribution in [2.45, 2.75) is 44.7 Å². The van der Waals surface area contributed by atoms with Crippen LogP contribution >= 0.6 is 0 Å². The Kier molecular flexibility index (Phi) is 5.22. The lowest BCUT2D eigenvalue weighted by Gasteiger charge is -2.25. The van der Waals surface area contributed by atoms with Crippen molar-refractivity contribution >= 4 is 6.08 Å². The lowest BCUT2D eigenvalue weighted by molar-refractivity contribution is -0.170. The van der Waals surface area contributed by atoms with Crippen molar-refractivity contribution in [3.63, 3.8) is 0 Å². The van der Waals surface area contributed by atoms with Gasteiger partial charge in [-0.15, -0.1) is 0 Å². The average molecular weight is 293 g/mol. The van der Waals surface area contributed by atoms with Gasteiger partial charge in [-0.05, 0) is 19.4 Å². The fourth-order valence-corrected chi connectivity index (χ4v) is 2.16. The molecule has 1 aromatic carbocycles. The van der Waals surface area contributed by atoms with E-state index in [4.69, 9.17) is 14.2 Å². The van der Waals surface area contributed by atoms with Gasteiger partial charge in [0.15, 0.2) is 12.0 Å². The number of aliphatic hydroxyl groups is 1. The summed E-state index contributed by atoms with van der Waals surface area (Å²) in [6, 6.07) is 9.51. The van der Waals surface area contributed by atoms with Crippen LogP contribution in [-0.2, 0) is 25.6 Å². The lowest BCUT2D eigenvalue weighted by atomic mass is 10.2. The number of isocyanates is 1. The molecule has 1 saturated heterocycles. The van der Waals surface area contributed by atoms with Crippen LogP contribution in [0.4, 0.5) is 0 Å². The minimum atomic E-state index is -1.34. The number of hydrogen-bond donors (Lipinski definition) is 1. The average Bonchev–Trinajstić information content (AvgIpc) is 2.81. The van der Waals surface area contributed by atoms with Crippen LogP contribution in [0, 0.1) is 0 Å². The predicted octanol–water partition coefficient (Wildman–Crippen LogP) is 1.38. The highest BCUT2D eigenvalue weighted by Gasteiger charge is 2.41. The Bertz CT molecular complexity index is 498. The van der Waals surface area contributed by atoms with Gasteiger partial charge in [-0.1, -0.05) is 30.3 Å². The van der Waals surface area contributed by atoms with E-state index in [9.17, 15) is 9.90 Å². The molecule has 3 atom stereocenters. The molecule has 1 fully saturated rings. The zero-order valence-electron chi connectivity index (χ0n) is 12.1. The number of nitrogens with zero attached hydrogens (tertiary/aromatic N) is 1. The monoisotopic (exact) mass is 293 g/mol. The lowest BCUT2D eigenvalue weighted by Crippen LogP contribution is -2.41. The third kappa shape index (κ3) is 4.46. The highest BCUT2D eigenvalue weighted by molar-refractivity contribution is 5.33. The van der Waals surface area contributed by atoms with Crippen LogP contribution in [0.5, 0.6) is 0 Å². The van der Waals surface area contributed by atoms with E-state index in [-0.39, 0.29) is 13.2 Å². The quantitative estimate of drug-likeness (QED) is 0.633. The fraction of sp³-hybridized carbons (Fsp3) is 0.533. The number of carbonyl (C=O) groups excluding carboxylic acids is 1. The van der Waals surface area contributed by atoms with Gasteiger partial charge in [-0.2, -0.15) is 4.99 Å². The van der Waals surface area contributed by atoms with Crippen molar-refractivity contribution in [3.05, 3.63) is 35.9 Å². The predicted molar refractivity (Wildman–Crippen MR) is 74.1 cm³/mol. The van der Waals surface area contributed by atoms with Crippen molar-refractivity contribution in [2.75, 3.05) is 6.61 Å². The van der Waals surface area contributed by atoms with Crippen LogP contribution < -0.4 is 0 Å². The highest BCUT2D eigenvalue weighted by atomic mass is 16.7. The number of aliphatic hydroxyl groups excluding tert-OH is 1. The number of hydrogen-bond acceptors (Lipinski definition) is 6. The molecule has 0 bridgehead atoms. The molecule has 1 aromatic rings. The largest absolute Gasteiger partial charge is 0.369 e. The Balaban J connectivity index is 2.04. The van der Waals surface area contributed by atoms with E-state index in [1.807, 2.05) is 30.3 Å². The molecule has 0 amide bonds. The molecule has 0 spiro atoms. The number of benzene rings is 1. The van der Waals surface area contributed by atoms with Crippen LogP contribution in [0.25, 0.3) is 0 Å². The van der Waals surface area contributed by atoms with Gasteiger partial charge in [-0.3, -0.25) is 0 Å². The third-order valence-electron chi connectivity index (χ3n) is 3.16. The second-order valence-corrected chi connectivity index (χ2v) is 5.26. The van der Waals surface area contributed by atoms with Gasteiger partial charge in [0, 0.05) is 0 Å². The van der Waals surface area contributed by atoms with E-state index in [1.165, 1.54) is 6.08 Å². The summed E-state index contributed by atoms with van der Waals surface area (Å²) in [5.41, 5.74) is 0.947. The minimum absolute atomic E-state index is 0.262. The van der Waals surface area contributed by atoms with E-state index in [2.05, 4.69) is 4.99 Å². The molecule has 2 rings (SSSR count). The smallest absolute Gasteiger partial charge is 0.237 e. The molecule has 0 saturated carbocycles. The Hall–Kier alpha value is -1.56. The first-order chi connectivity index (χ1) is 10.0. The van der Waals surface area contributed by atoms with Crippen molar-refractivity contribution in [2.24, 2.45) is 4.99 Å². The maximum atomic E-state index is 10.4. The van der Waals surface area contributed by atoms with Crippen LogP contribution in [0.15, 0.2) is 35.3 Å². The number of ether oxygens (including phenoxy) is 3. The highest BCUT2D eigenvalue weighted by Crippen LogP contribution is 2.27. The molecule has 1 heterocycles. The van der Waals surface area contributed by atoms with E-state index in [1.54, 1.807) is 13.8 Å². The van der Waals surface area contributed by atoms with Gasteiger partial charge in [0.1, 0.15) is 12.2 Å². The summed E-state index contributed by atoms with van der Waals surface area (Å²) in [7, 11) is 0. The van der Waals surface area contributed by atoms with Crippen molar-refractivity contribution in [1.29, 1.82) is 0 Å². The zero-order chi connectivity index (χ0) is 15.3. The summed E-state index contributed by atoms with van der Waals surface area (Å²) in [6.07, 6.45) is -1.30. The summed E-state index contributed by atoms with van der Waals surface area (Å²) in [5, 5.41) is 9.93. The number of rotatable bonds is 6. The Morgan fingerprint density at radius 1 is 1.48 bits per heavy atom. The van der Waals surface area contributed by atoms with Crippen molar-refractivity contribution < 1.29 is 24.1 Å². The summed E-state index contributed by atoms with van der Waals surface area (Å²) in [6.45, 7) is 4.09. The molecule has 0 radical (unpaired) electrons. The van der Waals surface area contributed by atoms with Crippen LogP contribution in [0.2, 0.25) is 0 Å². The van der Waals surface area contributed by atoms with Gasteiger partial charge in [-0.25, -0.2) is 4.79 Å². The molecule has 1 aliphatic rings. The second kappa shape index (κ2) is 6.93. The zero-order valence-corrected chi connectivity index (χ0v) is 12.1. The SMILES string of the molecule is CC1(C)OC[C@H]([C@H](OCc2ccccc2)C(O)N=C=O)O1. The molecule has 6 heteroatoms. The molecule has 1 unspecified atom stereocenters. The van der Waals surface area contributed by atoms with Crippen LogP contribution in [0.1, 0.15) is 19.4 Å². The van der Waals surface area contributed by atoms with Gasteiger partial charge in [0.25, 0.3) is 0 Å². The van der Waals surface area contributed by atoms with Gasteiger partial charge in [0.2, 0.25) is 6.08 Å². The molecule has 0 aromatic heterocycles. The molecule has 21 heavy (non-hydrogen) atoms. The Labute approximate surface area is 123 Å². The fourth-order valence-electron chi connectivity index (χ4n) is 2.16. The molecular weight excluding hydrogens is 274 g/mol. The first-order valence-corrected chi connectivity index (χ1v) is 6.74. The summed E-state index contributed by atoms with van der Waals surface area (Å²) in [4.78, 5) is 13.7. The molecular formula is C15H19NO5. The van der Waals surface area contributed by atoms with E-state index in [0.717, 1.165) is 5.56 Å². The topological polar surface area (TPSA) is 77.4 Å². The van der Waals surface area contributed by atoms with Gasteiger partial charge < -0.3 is 19.3 Å². The van der Waals surface area contributed by atoms with Crippen LogP contribution in [0.3, 0.4) is 0 Å². The van der Waals surface area contributed by atoms with E-state index >= 15 is 0 Å². The molecule has 1 N–H and O–H groups in total. The Morgan fingerprint density at radius 3 is 2.76 bits per heavy atom. The van der Waals surface area contributed by atoms with Gasteiger partial charge >= 0.3 is 0 Å². The number of aliphatic imine (C=N–C) groups is 1.